The lowest BCUT2D eigenvalue weighted by molar-refractivity contribution is -0.115. The van der Waals surface area contributed by atoms with E-state index in [1.165, 1.54) is 0 Å². The molecule has 19 heavy (non-hydrogen) atoms. The van der Waals surface area contributed by atoms with Gasteiger partial charge in [-0.1, -0.05) is 11.6 Å². The number of rotatable bonds is 7. The quantitative estimate of drug-likeness (QED) is 0.600. The van der Waals surface area contributed by atoms with Crippen LogP contribution in [0, 0.1) is 0 Å². The number of hydrogen-bond acceptors (Lipinski definition) is 4. The van der Waals surface area contributed by atoms with Gasteiger partial charge in [0.05, 0.1) is 16.6 Å². The van der Waals surface area contributed by atoms with Crippen molar-refractivity contribution >= 4 is 40.6 Å². The predicted octanol–water partition coefficient (Wildman–Crippen LogP) is 3.02. The van der Waals surface area contributed by atoms with Crippen LogP contribution in [-0.4, -0.2) is 30.6 Å². The van der Waals surface area contributed by atoms with Crippen molar-refractivity contribution < 1.29 is 9.53 Å². The van der Waals surface area contributed by atoms with Crippen molar-refractivity contribution in [3.8, 4) is 0 Å². The van der Waals surface area contributed by atoms with Crippen LogP contribution in [0.4, 0.5) is 11.4 Å². The molecule has 4 nitrogen and oxygen atoms in total. The first-order valence-corrected chi connectivity index (χ1v) is 7.43. The van der Waals surface area contributed by atoms with E-state index in [0.29, 0.717) is 23.0 Å². The molecule has 1 aromatic rings. The lowest BCUT2D eigenvalue weighted by Gasteiger charge is -2.13. The Kier molecular flexibility index (Phi) is 7.05. The molecular formula is C13H19ClN2O2S. The second kappa shape index (κ2) is 8.30. The van der Waals surface area contributed by atoms with Gasteiger partial charge in [0.25, 0.3) is 0 Å². The van der Waals surface area contributed by atoms with Gasteiger partial charge in [-0.2, -0.15) is 0 Å². The van der Waals surface area contributed by atoms with E-state index in [1.54, 1.807) is 37.1 Å². The summed E-state index contributed by atoms with van der Waals surface area (Å²) in [5, 5.41) is 3.19. The highest BCUT2D eigenvalue weighted by atomic mass is 35.5. The van der Waals surface area contributed by atoms with E-state index in [4.69, 9.17) is 22.1 Å². The van der Waals surface area contributed by atoms with Crippen molar-refractivity contribution in [2.24, 2.45) is 0 Å². The number of carbonyl (C=O) groups is 1. The molecule has 1 rings (SSSR count). The number of nitrogen functional groups attached to an aromatic ring is 1. The number of halogens is 1. The van der Waals surface area contributed by atoms with E-state index in [1.807, 2.05) is 6.92 Å². The normalized spacial score (nSPS) is 12.2. The Labute approximate surface area is 123 Å². The number of methoxy groups -OCH3 is 1. The third kappa shape index (κ3) is 5.72. The highest BCUT2D eigenvalue weighted by Gasteiger charge is 2.14. The molecule has 0 aliphatic carbocycles. The van der Waals surface area contributed by atoms with E-state index in [2.05, 4.69) is 5.32 Å². The van der Waals surface area contributed by atoms with E-state index >= 15 is 0 Å². The van der Waals surface area contributed by atoms with Gasteiger partial charge in [0.1, 0.15) is 0 Å². The molecule has 0 aromatic heterocycles. The molecule has 0 radical (unpaired) electrons. The fourth-order valence-corrected chi connectivity index (χ4v) is 2.43. The van der Waals surface area contributed by atoms with Crippen LogP contribution in [0.2, 0.25) is 5.02 Å². The monoisotopic (exact) mass is 302 g/mol. The van der Waals surface area contributed by atoms with E-state index in [0.717, 1.165) is 12.2 Å². The molecule has 0 spiro atoms. The van der Waals surface area contributed by atoms with Gasteiger partial charge in [0, 0.05) is 18.7 Å². The average Bonchev–Trinajstić information content (AvgIpc) is 2.38. The van der Waals surface area contributed by atoms with Crippen LogP contribution in [0.5, 0.6) is 0 Å². The summed E-state index contributed by atoms with van der Waals surface area (Å²) in [7, 11) is 1.67. The van der Waals surface area contributed by atoms with Gasteiger partial charge in [-0.05, 0) is 37.3 Å². The molecular weight excluding hydrogens is 284 g/mol. The topological polar surface area (TPSA) is 64.3 Å². The van der Waals surface area contributed by atoms with Crippen molar-refractivity contribution in [1.29, 1.82) is 0 Å². The Bertz CT molecular complexity index is 429. The van der Waals surface area contributed by atoms with Gasteiger partial charge in [-0.25, -0.2) is 0 Å². The lowest BCUT2D eigenvalue weighted by atomic mass is 10.2. The van der Waals surface area contributed by atoms with Gasteiger partial charge in [-0.3, -0.25) is 4.79 Å². The number of ether oxygens (including phenoxy) is 1. The largest absolute Gasteiger partial charge is 0.397 e. The summed E-state index contributed by atoms with van der Waals surface area (Å²) in [6, 6.07) is 5.01. The summed E-state index contributed by atoms with van der Waals surface area (Å²) in [5.74, 6) is 0.810. The van der Waals surface area contributed by atoms with Gasteiger partial charge in [-0.15, -0.1) is 11.8 Å². The first-order valence-electron chi connectivity index (χ1n) is 6.01. The smallest absolute Gasteiger partial charge is 0.237 e. The van der Waals surface area contributed by atoms with Crippen molar-refractivity contribution in [2.45, 2.75) is 18.6 Å². The minimum atomic E-state index is -0.143. The molecule has 0 bridgehead atoms. The number of amides is 1. The zero-order valence-electron chi connectivity index (χ0n) is 11.1. The number of nitrogens with two attached hydrogens (primary N) is 1. The van der Waals surface area contributed by atoms with Gasteiger partial charge in [0.2, 0.25) is 5.91 Å². The number of benzene rings is 1. The van der Waals surface area contributed by atoms with Crippen molar-refractivity contribution in [3.05, 3.63) is 23.2 Å². The fourth-order valence-electron chi connectivity index (χ4n) is 1.41. The minimum Gasteiger partial charge on any atom is -0.397 e. The van der Waals surface area contributed by atoms with E-state index < -0.39 is 0 Å². The predicted molar refractivity (Wildman–Crippen MR) is 82.9 cm³/mol. The molecule has 0 saturated heterocycles. The summed E-state index contributed by atoms with van der Waals surface area (Å²) in [6.07, 6.45) is 0.929. The number of thioether (sulfide) groups is 1. The molecule has 0 saturated carbocycles. The average molecular weight is 303 g/mol. The van der Waals surface area contributed by atoms with Crippen LogP contribution in [0.25, 0.3) is 0 Å². The zero-order valence-corrected chi connectivity index (χ0v) is 12.7. The summed E-state index contributed by atoms with van der Waals surface area (Å²) >= 11 is 7.46. The van der Waals surface area contributed by atoms with Crippen LogP contribution in [0.15, 0.2) is 18.2 Å². The Hall–Kier alpha value is -0.910. The maximum atomic E-state index is 12.0. The molecule has 1 atom stereocenters. The Balaban J connectivity index is 2.47. The third-order valence-electron chi connectivity index (χ3n) is 2.50. The van der Waals surface area contributed by atoms with Crippen LogP contribution in [-0.2, 0) is 9.53 Å². The SMILES string of the molecule is COCCCSC(C)C(=O)Nc1cc(Cl)ccc1N. The molecule has 3 N–H and O–H groups in total. The van der Waals surface area contributed by atoms with Gasteiger partial charge >= 0.3 is 0 Å². The van der Waals surface area contributed by atoms with E-state index in [9.17, 15) is 4.79 Å². The molecule has 0 aliphatic heterocycles. The molecule has 106 valence electrons. The fraction of sp³-hybridized carbons (Fsp3) is 0.462. The van der Waals surface area contributed by atoms with Crippen LogP contribution in [0.3, 0.4) is 0 Å². The first-order chi connectivity index (χ1) is 9.04. The van der Waals surface area contributed by atoms with Crippen molar-refractivity contribution in [3.63, 3.8) is 0 Å². The second-order valence-electron chi connectivity index (χ2n) is 4.08. The van der Waals surface area contributed by atoms with Crippen molar-refractivity contribution in [1.82, 2.24) is 0 Å². The van der Waals surface area contributed by atoms with Gasteiger partial charge in [0.15, 0.2) is 0 Å². The molecule has 0 heterocycles. The molecule has 1 amide bonds. The summed E-state index contributed by atoms with van der Waals surface area (Å²) in [6.45, 7) is 2.58. The number of carbonyl (C=O) groups excluding carboxylic acids is 1. The minimum absolute atomic E-state index is 0.0728. The van der Waals surface area contributed by atoms with Crippen LogP contribution < -0.4 is 11.1 Å². The number of hydrogen-bond donors (Lipinski definition) is 2. The maximum Gasteiger partial charge on any atom is 0.237 e. The summed E-state index contributed by atoms with van der Waals surface area (Å²) in [5.41, 5.74) is 6.85. The lowest BCUT2D eigenvalue weighted by Crippen LogP contribution is -2.23. The Morgan fingerprint density at radius 2 is 2.32 bits per heavy atom. The molecule has 1 aromatic carbocycles. The first kappa shape index (κ1) is 16.1. The molecule has 1 unspecified atom stereocenters. The van der Waals surface area contributed by atoms with Crippen LogP contribution >= 0.6 is 23.4 Å². The zero-order chi connectivity index (χ0) is 14.3. The summed E-state index contributed by atoms with van der Waals surface area (Å²) in [4.78, 5) is 12.0. The summed E-state index contributed by atoms with van der Waals surface area (Å²) < 4.78 is 4.96. The molecule has 0 aliphatic rings. The standard InChI is InChI=1S/C13H19ClN2O2S/c1-9(19-7-3-6-18-2)13(17)16-12-8-10(14)4-5-11(12)15/h4-5,8-9H,3,6-7,15H2,1-2H3,(H,16,17). The Morgan fingerprint density at radius 1 is 1.58 bits per heavy atom. The third-order valence-corrected chi connectivity index (χ3v) is 3.98. The van der Waals surface area contributed by atoms with E-state index in [-0.39, 0.29) is 11.2 Å². The molecule has 6 heteroatoms. The molecule has 0 fully saturated rings. The Morgan fingerprint density at radius 3 is 3.00 bits per heavy atom. The van der Waals surface area contributed by atoms with Crippen LogP contribution in [0.1, 0.15) is 13.3 Å². The second-order valence-corrected chi connectivity index (χ2v) is 5.97. The highest BCUT2D eigenvalue weighted by Crippen LogP contribution is 2.24. The maximum absolute atomic E-state index is 12.0. The van der Waals surface area contributed by atoms with Gasteiger partial charge < -0.3 is 15.8 Å². The highest BCUT2D eigenvalue weighted by molar-refractivity contribution is 8.00. The number of nitrogens with one attached hydrogen (secondary N) is 1. The number of anilines is 2. The van der Waals surface area contributed by atoms with Crippen molar-refractivity contribution in [2.75, 3.05) is 30.5 Å².